The van der Waals surface area contributed by atoms with Crippen LogP contribution in [0, 0.1) is 0 Å². The third-order valence-corrected chi connectivity index (χ3v) is 4.44. The van der Waals surface area contributed by atoms with Crippen LogP contribution in [-0.4, -0.2) is 41.7 Å². The molecule has 0 radical (unpaired) electrons. The average Bonchev–Trinajstić information content (AvgIpc) is 3.00. The Balaban J connectivity index is 1.50. The van der Waals surface area contributed by atoms with Gasteiger partial charge in [0.15, 0.2) is 0 Å². The minimum Gasteiger partial charge on any atom is -0.492 e. The zero-order valence-corrected chi connectivity index (χ0v) is 13.6. The summed E-state index contributed by atoms with van der Waals surface area (Å²) < 4.78 is 12.1. The van der Waals surface area contributed by atoms with Crippen molar-refractivity contribution in [1.82, 2.24) is 9.88 Å². The van der Waals surface area contributed by atoms with Crippen molar-refractivity contribution in [2.45, 2.75) is 25.4 Å². The highest BCUT2D eigenvalue weighted by molar-refractivity contribution is 5.21. The van der Waals surface area contributed by atoms with E-state index in [1.165, 1.54) is 0 Å². The summed E-state index contributed by atoms with van der Waals surface area (Å²) >= 11 is 0. The molecular weight excluding hydrogens is 288 g/mol. The molecule has 122 valence electrons. The van der Waals surface area contributed by atoms with Crippen LogP contribution in [0.25, 0.3) is 0 Å². The van der Waals surface area contributed by atoms with Crippen molar-refractivity contribution in [1.29, 1.82) is 0 Å². The van der Waals surface area contributed by atoms with Gasteiger partial charge in [-0.05, 0) is 30.7 Å². The number of ether oxygens (including phenoxy) is 2. The molecule has 2 heterocycles. The number of aromatic nitrogens is 1. The molecule has 1 fully saturated rings. The molecule has 0 N–H and O–H groups in total. The molecular formula is C19H24N2O2. The first-order chi connectivity index (χ1) is 11.3. The SMILES string of the molecule is CCC1(Oc2ccncc2)CCN(CCOc2ccccc2)C1. The molecule has 0 amide bonds. The van der Waals surface area contributed by atoms with Crippen molar-refractivity contribution in [2.75, 3.05) is 26.2 Å². The van der Waals surface area contributed by atoms with Crippen molar-refractivity contribution >= 4 is 0 Å². The standard InChI is InChI=1S/C19H24N2O2/c1-2-19(23-18-8-11-20-12-9-18)10-13-21(16-19)14-15-22-17-6-4-3-5-7-17/h3-9,11-12H,2,10,13-16H2,1H3. The molecule has 1 aliphatic rings. The van der Waals surface area contributed by atoms with Crippen molar-refractivity contribution in [3.05, 3.63) is 54.9 Å². The molecule has 1 atom stereocenters. The number of pyridine rings is 1. The lowest BCUT2D eigenvalue weighted by molar-refractivity contribution is 0.0705. The molecule has 0 aliphatic carbocycles. The van der Waals surface area contributed by atoms with E-state index in [1.807, 2.05) is 42.5 Å². The average molecular weight is 312 g/mol. The summed E-state index contributed by atoms with van der Waals surface area (Å²) in [6, 6.07) is 13.8. The van der Waals surface area contributed by atoms with Crippen molar-refractivity contribution < 1.29 is 9.47 Å². The largest absolute Gasteiger partial charge is 0.492 e. The maximum atomic E-state index is 6.28. The van der Waals surface area contributed by atoms with Gasteiger partial charge in [0.1, 0.15) is 23.7 Å². The van der Waals surface area contributed by atoms with Gasteiger partial charge in [-0.1, -0.05) is 25.1 Å². The van der Waals surface area contributed by atoms with Gasteiger partial charge in [0, 0.05) is 38.4 Å². The summed E-state index contributed by atoms with van der Waals surface area (Å²) in [7, 11) is 0. The van der Waals surface area contributed by atoms with Crippen molar-refractivity contribution in [3.8, 4) is 11.5 Å². The summed E-state index contributed by atoms with van der Waals surface area (Å²) in [4.78, 5) is 6.47. The van der Waals surface area contributed by atoms with Gasteiger partial charge in [-0.2, -0.15) is 0 Å². The van der Waals surface area contributed by atoms with Crippen LogP contribution in [0.1, 0.15) is 19.8 Å². The topological polar surface area (TPSA) is 34.6 Å². The molecule has 0 saturated carbocycles. The van der Waals surface area contributed by atoms with E-state index in [4.69, 9.17) is 9.47 Å². The van der Waals surface area contributed by atoms with Crippen LogP contribution in [0.2, 0.25) is 0 Å². The van der Waals surface area contributed by atoms with Crippen LogP contribution in [-0.2, 0) is 0 Å². The predicted octanol–water partition coefficient (Wildman–Crippen LogP) is 3.39. The Bertz CT molecular complexity index is 591. The quantitative estimate of drug-likeness (QED) is 0.785. The number of benzene rings is 1. The number of nitrogens with zero attached hydrogens (tertiary/aromatic N) is 2. The Morgan fingerprint density at radius 1 is 1.09 bits per heavy atom. The zero-order valence-electron chi connectivity index (χ0n) is 13.6. The van der Waals surface area contributed by atoms with Crippen LogP contribution in [0.4, 0.5) is 0 Å². The van der Waals surface area contributed by atoms with E-state index in [0.717, 1.165) is 44.0 Å². The van der Waals surface area contributed by atoms with Gasteiger partial charge in [-0.25, -0.2) is 0 Å². The summed E-state index contributed by atoms with van der Waals surface area (Å²) in [6.45, 7) is 5.83. The van der Waals surface area contributed by atoms with E-state index < -0.39 is 0 Å². The van der Waals surface area contributed by atoms with Crippen molar-refractivity contribution in [2.24, 2.45) is 0 Å². The highest BCUT2D eigenvalue weighted by atomic mass is 16.5. The van der Waals surface area contributed by atoms with E-state index in [-0.39, 0.29) is 5.60 Å². The fourth-order valence-electron chi connectivity index (χ4n) is 3.03. The summed E-state index contributed by atoms with van der Waals surface area (Å²) in [5.74, 6) is 1.84. The molecule has 1 aliphatic heterocycles. The first-order valence-electron chi connectivity index (χ1n) is 8.29. The van der Waals surface area contributed by atoms with Gasteiger partial charge in [-0.15, -0.1) is 0 Å². The Hall–Kier alpha value is -2.07. The molecule has 0 bridgehead atoms. The summed E-state index contributed by atoms with van der Waals surface area (Å²) in [5, 5.41) is 0. The first kappa shape index (κ1) is 15.8. The summed E-state index contributed by atoms with van der Waals surface area (Å²) in [6.07, 6.45) is 5.61. The molecule has 23 heavy (non-hydrogen) atoms. The number of likely N-dealkylation sites (tertiary alicyclic amines) is 1. The Morgan fingerprint density at radius 3 is 2.61 bits per heavy atom. The van der Waals surface area contributed by atoms with E-state index in [0.29, 0.717) is 6.61 Å². The van der Waals surface area contributed by atoms with Gasteiger partial charge in [0.25, 0.3) is 0 Å². The van der Waals surface area contributed by atoms with Gasteiger partial charge in [-0.3, -0.25) is 9.88 Å². The highest BCUT2D eigenvalue weighted by Gasteiger charge is 2.38. The third kappa shape index (κ3) is 4.23. The van der Waals surface area contributed by atoms with Crippen molar-refractivity contribution in [3.63, 3.8) is 0 Å². The molecule has 4 nitrogen and oxygen atoms in total. The fraction of sp³-hybridized carbons (Fsp3) is 0.421. The Labute approximate surface area is 138 Å². The first-order valence-corrected chi connectivity index (χ1v) is 8.29. The van der Waals surface area contributed by atoms with E-state index in [9.17, 15) is 0 Å². The van der Waals surface area contributed by atoms with Crippen LogP contribution < -0.4 is 9.47 Å². The lowest BCUT2D eigenvalue weighted by Gasteiger charge is -2.29. The van der Waals surface area contributed by atoms with Gasteiger partial charge >= 0.3 is 0 Å². The number of rotatable bonds is 7. The highest BCUT2D eigenvalue weighted by Crippen LogP contribution is 2.30. The van der Waals surface area contributed by atoms with Crippen LogP contribution in [0.5, 0.6) is 11.5 Å². The molecule has 3 rings (SSSR count). The monoisotopic (exact) mass is 312 g/mol. The molecule has 1 aromatic carbocycles. The van der Waals surface area contributed by atoms with Gasteiger partial charge in [0.2, 0.25) is 0 Å². The second-order valence-corrected chi connectivity index (χ2v) is 6.01. The van der Waals surface area contributed by atoms with E-state index in [2.05, 4.69) is 16.8 Å². The normalized spacial score (nSPS) is 21.3. The second kappa shape index (κ2) is 7.47. The van der Waals surface area contributed by atoms with E-state index in [1.54, 1.807) is 12.4 Å². The number of hydrogen-bond donors (Lipinski definition) is 0. The molecule has 4 heteroatoms. The molecule has 1 unspecified atom stereocenters. The number of hydrogen-bond acceptors (Lipinski definition) is 4. The van der Waals surface area contributed by atoms with Crippen LogP contribution >= 0.6 is 0 Å². The van der Waals surface area contributed by atoms with Crippen LogP contribution in [0.15, 0.2) is 54.9 Å². The summed E-state index contributed by atoms with van der Waals surface area (Å²) in [5.41, 5.74) is -0.0892. The Kier molecular flexibility index (Phi) is 5.13. The third-order valence-electron chi connectivity index (χ3n) is 4.44. The minimum absolute atomic E-state index is 0.0892. The van der Waals surface area contributed by atoms with Gasteiger partial charge in [0.05, 0.1) is 0 Å². The molecule has 1 aromatic heterocycles. The lowest BCUT2D eigenvalue weighted by atomic mass is 10.00. The zero-order chi connectivity index (χ0) is 16.0. The smallest absolute Gasteiger partial charge is 0.123 e. The maximum absolute atomic E-state index is 6.28. The minimum atomic E-state index is -0.0892. The molecule has 1 saturated heterocycles. The lowest BCUT2D eigenvalue weighted by Crippen LogP contribution is -2.39. The van der Waals surface area contributed by atoms with Crippen LogP contribution in [0.3, 0.4) is 0 Å². The second-order valence-electron chi connectivity index (χ2n) is 6.01. The molecule has 2 aromatic rings. The molecule has 0 spiro atoms. The fourth-order valence-corrected chi connectivity index (χ4v) is 3.03. The maximum Gasteiger partial charge on any atom is 0.123 e. The predicted molar refractivity (Wildman–Crippen MR) is 90.9 cm³/mol. The number of para-hydroxylation sites is 1. The Morgan fingerprint density at radius 2 is 1.87 bits per heavy atom. The van der Waals surface area contributed by atoms with Gasteiger partial charge < -0.3 is 9.47 Å². The van der Waals surface area contributed by atoms with E-state index >= 15 is 0 Å².